The van der Waals surface area contributed by atoms with Crippen molar-refractivity contribution in [2.24, 2.45) is 11.1 Å². The van der Waals surface area contributed by atoms with E-state index in [-0.39, 0.29) is 35.2 Å². The lowest BCUT2D eigenvalue weighted by atomic mass is 9.92. The number of nitrogens with one attached hydrogen (secondary N) is 2. The molecular weight excluding hydrogens is 373 g/mol. The van der Waals surface area contributed by atoms with Crippen LogP contribution in [0.1, 0.15) is 63.2 Å². The van der Waals surface area contributed by atoms with Gasteiger partial charge in [-0.1, -0.05) is 45.2 Å². The van der Waals surface area contributed by atoms with Crippen LogP contribution in [0.4, 0.5) is 5.69 Å². The van der Waals surface area contributed by atoms with Crippen LogP contribution >= 0.6 is 24.0 Å². The van der Waals surface area contributed by atoms with Crippen LogP contribution in [0.25, 0.3) is 0 Å². The van der Waals surface area contributed by atoms with E-state index in [0.29, 0.717) is 29.2 Å². The van der Waals surface area contributed by atoms with Crippen LogP contribution in [-0.2, 0) is 4.79 Å². The van der Waals surface area contributed by atoms with Crippen molar-refractivity contribution in [1.29, 1.82) is 0 Å². The molecule has 4 N–H and O–H groups in total. The summed E-state index contributed by atoms with van der Waals surface area (Å²) in [6, 6.07) is 4.96. The molecule has 0 aromatic heterocycles. The summed E-state index contributed by atoms with van der Waals surface area (Å²) in [5, 5.41) is 6.25. The van der Waals surface area contributed by atoms with Crippen LogP contribution in [0.3, 0.4) is 0 Å². The Morgan fingerprint density at radius 1 is 1.23 bits per heavy atom. The van der Waals surface area contributed by atoms with Crippen molar-refractivity contribution in [1.82, 2.24) is 5.32 Å². The molecule has 1 aliphatic rings. The van der Waals surface area contributed by atoms with Crippen molar-refractivity contribution in [3.8, 4) is 0 Å². The summed E-state index contributed by atoms with van der Waals surface area (Å²) in [4.78, 5) is 24.8. The van der Waals surface area contributed by atoms with Gasteiger partial charge in [0.15, 0.2) is 0 Å². The highest BCUT2D eigenvalue weighted by atomic mass is 35.5. The highest BCUT2D eigenvalue weighted by Gasteiger charge is 2.34. The van der Waals surface area contributed by atoms with Gasteiger partial charge in [0.05, 0.1) is 16.1 Å². The molecule has 0 saturated heterocycles. The Morgan fingerprint density at radius 3 is 2.38 bits per heavy atom. The van der Waals surface area contributed by atoms with Crippen LogP contribution < -0.4 is 16.4 Å². The summed E-state index contributed by atoms with van der Waals surface area (Å²) < 4.78 is 0. The topological polar surface area (TPSA) is 84.2 Å². The van der Waals surface area contributed by atoms with Gasteiger partial charge < -0.3 is 16.4 Å². The van der Waals surface area contributed by atoms with Crippen molar-refractivity contribution in [3.63, 3.8) is 0 Å². The zero-order valence-electron chi connectivity index (χ0n) is 15.7. The predicted octanol–water partition coefficient (Wildman–Crippen LogP) is 4.14. The second-order valence-corrected chi connectivity index (χ2v) is 8.53. The lowest BCUT2D eigenvalue weighted by Gasteiger charge is -2.29. The number of anilines is 1. The molecule has 1 aliphatic carbocycles. The Labute approximate surface area is 166 Å². The number of nitrogens with two attached hydrogens (primary N) is 1. The highest BCUT2D eigenvalue weighted by Crippen LogP contribution is 2.30. The molecule has 146 valence electrons. The normalized spacial score (nSPS) is 15.9. The number of hydrogen-bond donors (Lipinski definition) is 3. The Hall–Kier alpha value is -1.30. The molecule has 0 aliphatic heterocycles. The Morgan fingerprint density at radius 2 is 1.85 bits per heavy atom. The molecule has 0 bridgehead atoms. The van der Waals surface area contributed by atoms with Crippen molar-refractivity contribution in [2.45, 2.75) is 58.4 Å². The first-order valence-electron chi connectivity index (χ1n) is 8.76. The molecule has 0 atom stereocenters. The number of carbonyl (C=O) groups is 2. The van der Waals surface area contributed by atoms with E-state index in [2.05, 4.69) is 10.6 Å². The largest absolute Gasteiger partial charge is 0.345 e. The van der Waals surface area contributed by atoms with Crippen LogP contribution in [0.5, 0.6) is 0 Å². The minimum Gasteiger partial charge on any atom is -0.345 e. The molecule has 0 spiro atoms. The summed E-state index contributed by atoms with van der Waals surface area (Å²) in [6.07, 6.45) is 4.29. The van der Waals surface area contributed by atoms with Crippen molar-refractivity contribution in [3.05, 3.63) is 28.8 Å². The lowest BCUT2D eigenvalue weighted by Crippen LogP contribution is -2.51. The Bertz CT molecular complexity index is 651. The summed E-state index contributed by atoms with van der Waals surface area (Å²) in [6.45, 7) is 6.42. The first kappa shape index (κ1) is 22.7. The second kappa shape index (κ2) is 9.07. The minimum absolute atomic E-state index is 0. The molecule has 1 aromatic rings. The fraction of sp³-hybridized carbons (Fsp3) is 0.579. The number of halogens is 2. The third-order valence-electron chi connectivity index (χ3n) is 4.52. The van der Waals surface area contributed by atoms with Crippen LogP contribution in [-0.4, -0.2) is 23.9 Å². The molecule has 0 unspecified atom stereocenters. The molecule has 0 radical (unpaired) electrons. The SMILES string of the molecule is CC(C)(C)CC(=O)Nc1ccc(Cl)c(C(=O)NC2(CN)CCCC2)c1.Cl. The third-order valence-corrected chi connectivity index (χ3v) is 4.85. The highest BCUT2D eigenvalue weighted by molar-refractivity contribution is 6.34. The lowest BCUT2D eigenvalue weighted by molar-refractivity contribution is -0.117. The monoisotopic (exact) mass is 401 g/mol. The van der Waals surface area contributed by atoms with Gasteiger partial charge in [0, 0.05) is 18.7 Å². The average molecular weight is 402 g/mol. The summed E-state index contributed by atoms with van der Waals surface area (Å²) in [7, 11) is 0. The molecule has 1 aromatic carbocycles. The smallest absolute Gasteiger partial charge is 0.253 e. The Kier molecular flexibility index (Phi) is 7.93. The van der Waals surface area contributed by atoms with Gasteiger partial charge in [-0.2, -0.15) is 0 Å². The van der Waals surface area contributed by atoms with E-state index in [4.69, 9.17) is 17.3 Å². The maximum atomic E-state index is 12.7. The summed E-state index contributed by atoms with van der Waals surface area (Å²) in [5.41, 5.74) is 6.36. The number of rotatable bonds is 5. The average Bonchev–Trinajstić information content (AvgIpc) is 2.96. The van der Waals surface area contributed by atoms with Gasteiger partial charge in [0.25, 0.3) is 5.91 Å². The molecular formula is C19H29Cl2N3O2. The van der Waals surface area contributed by atoms with Crippen molar-refractivity contribution < 1.29 is 9.59 Å². The zero-order chi connectivity index (χ0) is 18.7. The molecule has 7 heteroatoms. The summed E-state index contributed by atoms with van der Waals surface area (Å²) >= 11 is 6.20. The molecule has 1 saturated carbocycles. The third kappa shape index (κ3) is 6.15. The van der Waals surface area contributed by atoms with E-state index in [1.165, 1.54) is 0 Å². The van der Waals surface area contributed by atoms with Gasteiger partial charge in [-0.05, 0) is 36.5 Å². The van der Waals surface area contributed by atoms with Crippen LogP contribution in [0.15, 0.2) is 18.2 Å². The summed E-state index contributed by atoms with van der Waals surface area (Å²) in [5.74, 6) is -0.334. The Balaban J connectivity index is 0.00000338. The van der Waals surface area contributed by atoms with E-state index in [1.807, 2.05) is 20.8 Å². The first-order valence-corrected chi connectivity index (χ1v) is 9.14. The van der Waals surface area contributed by atoms with E-state index >= 15 is 0 Å². The van der Waals surface area contributed by atoms with Gasteiger partial charge in [-0.3, -0.25) is 9.59 Å². The molecule has 0 heterocycles. The fourth-order valence-corrected chi connectivity index (χ4v) is 3.41. The molecule has 2 rings (SSSR count). The van der Waals surface area contributed by atoms with Crippen molar-refractivity contribution >= 4 is 41.5 Å². The predicted molar refractivity (Wildman–Crippen MR) is 109 cm³/mol. The maximum Gasteiger partial charge on any atom is 0.253 e. The molecule has 2 amide bonds. The number of carbonyl (C=O) groups excluding carboxylic acids is 2. The van der Waals surface area contributed by atoms with Crippen LogP contribution in [0, 0.1) is 5.41 Å². The first-order chi connectivity index (χ1) is 11.6. The zero-order valence-corrected chi connectivity index (χ0v) is 17.2. The van der Waals surface area contributed by atoms with E-state index in [0.717, 1.165) is 25.7 Å². The van der Waals surface area contributed by atoms with Gasteiger partial charge in [-0.15, -0.1) is 12.4 Å². The van der Waals surface area contributed by atoms with Crippen molar-refractivity contribution in [2.75, 3.05) is 11.9 Å². The van der Waals surface area contributed by atoms with Gasteiger partial charge in [0.2, 0.25) is 5.91 Å². The number of benzene rings is 1. The quantitative estimate of drug-likeness (QED) is 0.692. The van der Waals surface area contributed by atoms with Gasteiger partial charge >= 0.3 is 0 Å². The van der Waals surface area contributed by atoms with E-state index in [9.17, 15) is 9.59 Å². The van der Waals surface area contributed by atoms with E-state index in [1.54, 1.807) is 18.2 Å². The molecule has 5 nitrogen and oxygen atoms in total. The molecule has 1 fully saturated rings. The molecule has 26 heavy (non-hydrogen) atoms. The second-order valence-electron chi connectivity index (χ2n) is 8.13. The van der Waals surface area contributed by atoms with Gasteiger partial charge in [0.1, 0.15) is 0 Å². The van der Waals surface area contributed by atoms with E-state index < -0.39 is 0 Å². The maximum absolute atomic E-state index is 12.7. The fourth-order valence-electron chi connectivity index (χ4n) is 3.20. The van der Waals surface area contributed by atoms with Crippen LogP contribution in [0.2, 0.25) is 5.02 Å². The standard InChI is InChI=1S/C19H28ClN3O2.ClH/c1-18(2,3)11-16(24)22-13-6-7-15(20)14(10-13)17(25)23-19(12-21)8-4-5-9-19;/h6-7,10H,4-5,8-9,11-12,21H2,1-3H3,(H,22,24)(H,23,25);1H. The number of amides is 2. The van der Waals surface area contributed by atoms with Gasteiger partial charge in [-0.25, -0.2) is 0 Å². The minimum atomic E-state index is -0.341. The number of hydrogen-bond acceptors (Lipinski definition) is 3.